The lowest BCUT2D eigenvalue weighted by atomic mass is 10.2. The predicted octanol–water partition coefficient (Wildman–Crippen LogP) is 5.36. The first-order valence-corrected chi connectivity index (χ1v) is 10.2. The number of rotatable bonds is 9. The molecular formula is C23H27N5O3. The molecule has 2 aromatic carbocycles. The number of amides is 2. The lowest BCUT2D eigenvalue weighted by molar-refractivity contribution is 0.262. The van der Waals surface area contributed by atoms with Gasteiger partial charge in [-0.2, -0.15) is 4.98 Å². The third kappa shape index (κ3) is 6.60. The molecule has 3 aromatic rings. The lowest BCUT2D eigenvalue weighted by Gasteiger charge is -2.13. The van der Waals surface area contributed by atoms with Crippen LogP contribution in [0.2, 0.25) is 0 Å². The van der Waals surface area contributed by atoms with Gasteiger partial charge < -0.3 is 25.4 Å². The van der Waals surface area contributed by atoms with Crippen LogP contribution in [0.25, 0.3) is 0 Å². The molecule has 0 aliphatic rings. The summed E-state index contributed by atoms with van der Waals surface area (Å²) in [6.45, 7) is 6.88. The van der Waals surface area contributed by atoms with Crippen LogP contribution in [0.1, 0.15) is 26.1 Å². The zero-order valence-electron chi connectivity index (χ0n) is 17.9. The molecule has 3 N–H and O–H groups in total. The normalized spacial score (nSPS) is 10.3. The SMILES string of the molecule is CCCOc1cc(Nc2ccc(NC(=O)Nc3ccccc3OCC)cc2)nc(C)n1. The van der Waals surface area contributed by atoms with E-state index in [-0.39, 0.29) is 6.03 Å². The Kier molecular flexibility index (Phi) is 7.64. The molecule has 0 bridgehead atoms. The van der Waals surface area contributed by atoms with Crippen LogP contribution >= 0.6 is 0 Å². The first kappa shape index (κ1) is 21.9. The van der Waals surface area contributed by atoms with E-state index in [1.807, 2.05) is 51.1 Å². The number of nitrogens with zero attached hydrogens (tertiary/aromatic N) is 2. The summed E-state index contributed by atoms with van der Waals surface area (Å²) in [6, 6.07) is 16.0. The van der Waals surface area contributed by atoms with Crippen molar-refractivity contribution >= 4 is 28.9 Å². The summed E-state index contributed by atoms with van der Waals surface area (Å²) >= 11 is 0. The summed E-state index contributed by atoms with van der Waals surface area (Å²) < 4.78 is 11.1. The molecule has 0 unspecified atom stereocenters. The second kappa shape index (κ2) is 10.8. The highest BCUT2D eigenvalue weighted by Gasteiger charge is 2.08. The highest BCUT2D eigenvalue weighted by Crippen LogP contribution is 2.24. The molecular weight excluding hydrogens is 394 g/mol. The van der Waals surface area contributed by atoms with Crippen LogP contribution in [0, 0.1) is 6.92 Å². The van der Waals surface area contributed by atoms with Crippen LogP contribution in [-0.2, 0) is 0 Å². The second-order valence-electron chi connectivity index (χ2n) is 6.70. The molecule has 2 amide bonds. The van der Waals surface area contributed by atoms with E-state index in [0.717, 1.165) is 12.1 Å². The zero-order chi connectivity index (χ0) is 22.1. The average molecular weight is 422 g/mol. The Labute approximate surface area is 182 Å². The summed E-state index contributed by atoms with van der Waals surface area (Å²) in [5.41, 5.74) is 2.09. The van der Waals surface area contributed by atoms with Crippen LogP contribution in [0.5, 0.6) is 11.6 Å². The molecule has 8 heteroatoms. The van der Waals surface area contributed by atoms with Crippen molar-refractivity contribution in [1.82, 2.24) is 9.97 Å². The van der Waals surface area contributed by atoms with E-state index in [9.17, 15) is 4.79 Å². The van der Waals surface area contributed by atoms with E-state index in [4.69, 9.17) is 9.47 Å². The lowest BCUT2D eigenvalue weighted by Crippen LogP contribution is -2.19. The minimum absolute atomic E-state index is 0.350. The van der Waals surface area contributed by atoms with Crippen LogP contribution in [0.4, 0.5) is 27.7 Å². The second-order valence-corrected chi connectivity index (χ2v) is 6.70. The molecule has 0 atom stereocenters. The average Bonchev–Trinajstić information content (AvgIpc) is 2.75. The number of hydrogen-bond acceptors (Lipinski definition) is 6. The van der Waals surface area contributed by atoms with Gasteiger partial charge in [-0.25, -0.2) is 9.78 Å². The van der Waals surface area contributed by atoms with E-state index in [1.54, 1.807) is 24.3 Å². The van der Waals surface area contributed by atoms with Crippen molar-refractivity contribution in [1.29, 1.82) is 0 Å². The van der Waals surface area contributed by atoms with Gasteiger partial charge in [-0.3, -0.25) is 0 Å². The fourth-order valence-electron chi connectivity index (χ4n) is 2.81. The Balaban J connectivity index is 1.60. The number of hydrogen-bond donors (Lipinski definition) is 3. The van der Waals surface area contributed by atoms with Gasteiger partial charge >= 0.3 is 6.03 Å². The number of benzene rings is 2. The van der Waals surface area contributed by atoms with Crippen LogP contribution in [0.3, 0.4) is 0 Å². The third-order valence-electron chi connectivity index (χ3n) is 4.12. The zero-order valence-corrected chi connectivity index (χ0v) is 17.9. The van der Waals surface area contributed by atoms with E-state index in [2.05, 4.69) is 25.9 Å². The Morgan fingerprint density at radius 2 is 1.68 bits per heavy atom. The van der Waals surface area contributed by atoms with Gasteiger partial charge in [0.25, 0.3) is 0 Å². The summed E-state index contributed by atoms with van der Waals surface area (Å²) in [6.07, 6.45) is 0.908. The van der Waals surface area contributed by atoms with Crippen LogP contribution in [0.15, 0.2) is 54.6 Å². The first-order chi connectivity index (χ1) is 15.1. The fourth-order valence-corrected chi connectivity index (χ4v) is 2.81. The van der Waals surface area contributed by atoms with Crippen molar-refractivity contribution in [3.8, 4) is 11.6 Å². The van der Waals surface area contributed by atoms with Gasteiger partial charge in [-0.1, -0.05) is 19.1 Å². The van der Waals surface area contributed by atoms with Gasteiger partial charge in [0.15, 0.2) is 0 Å². The largest absolute Gasteiger partial charge is 0.492 e. The van der Waals surface area contributed by atoms with Crippen LogP contribution in [-0.4, -0.2) is 29.2 Å². The Bertz CT molecular complexity index is 1010. The molecule has 0 aliphatic heterocycles. The third-order valence-corrected chi connectivity index (χ3v) is 4.12. The Morgan fingerprint density at radius 3 is 2.42 bits per heavy atom. The van der Waals surface area contributed by atoms with Gasteiger partial charge in [0.2, 0.25) is 5.88 Å². The molecule has 162 valence electrons. The van der Waals surface area contributed by atoms with Crippen molar-refractivity contribution < 1.29 is 14.3 Å². The number of carbonyl (C=O) groups is 1. The molecule has 31 heavy (non-hydrogen) atoms. The number of urea groups is 1. The molecule has 0 saturated carbocycles. The standard InChI is InChI=1S/C23H27N5O3/c1-4-14-31-22-15-21(24-16(3)25-22)26-17-10-12-18(13-11-17)27-23(29)28-19-8-6-7-9-20(19)30-5-2/h6-13,15H,4-5,14H2,1-3H3,(H,24,25,26)(H2,27,28,29). The van der Waals surface area contributed by atoms with Crippen molar-refractivity contribution in [2.45, 2.75) is 27.2 Å². The summed E-state index contributed by atoms with van der Waals surface area (Å²) in [4.78, 5) is 21.0. The molecule has 1 aromatic heterocycles. The highest BCUT2D eigenvalue weighted by molar-refractivity contribution is 6.00. The summed E-state index contributed by atoms with van der Waals surface area (Å²) in [5.74, 6) is 2.43. The summed E-state index contributed by atoms with van der Waals surface area (Å²) in [5, 5.41) is 8.85. The number of nitrogens with one attached hydrogen (secondary N) is 3. The minimum Gasteiger partial charge on any atom is -0.492 e. The molecule has 0 spiro atoms. The van der Waals surface area contributed by atoms with Crippen molar-refractivity contribution in [2.24, 2.45) is 0 Å². The molecule has 1 heterocycles. The maximum atomic E-state index is 12.4. The Hall–Kier alpha value is -3.81. The van der Waals surface area contributed by atoms with Gasteiger partial charge in [-0.15, -0.1) is 0 Å². The van der Waals surface area contributed by atoms with Crippen LogP contribution < -0.4 is 25.4 Å². The maximum absolute atomic E-state index is 12.4. The van der Waals surface area contributed by atoms with Gasteiger partial charge in [0.1, 0.15) is 17.4 Å². The number of para-hydroxylation sites is 2. The van der Waals surface area contributed by atoms with Crippen molar-refractivity contribution in [3.63, 3.8) is 0 Å². The smallest absolute Gasteiger partial charge is 0.323 e. The predicted molar refractivity (Wildman–Crippen MR) is 123 cm³/mol. The number of anilines is 4. The van der Waals surface area contributed by atoms with Crippen molar-refractivity contribution in [2.75, 3.05) is 29.2 Å². The topological polar surface area (TPSA) is 97.4 Å². The molecule has 3 rings (SSSR count). The molecule has 0 radical (unpaired) electrons. The number of ether oxygens (including phenoxy) is 2. The molecule has 0 fully saturated rings. The van der Waals surface area contributed by atoms with Gasteiger partial charge in [0, 0.05) is 17.4 Å². The fraction of sp³-hybridized carbons (Fsp3) is 0.261. The van der Waals surface area contributed by atoms with E-state index < -0.39 is 0 Å². The monoisotopic (exact) mass is 421 g/mol. The van der Waals surface area contributed by atoms with Gasteiger partial charge in [-0.05, 0) is 56.7 Å². The number of aryl methyl sites for hydroxylation is 1. The first-order valence-electron chi connectivity index (χ1n) is 10.2. The van der Waals surface area contributed by atoms with E-state index >= 15 is 0 Å². The van der Waals surface area contributed by atoms with E-state index in [1.165, 1.54) is 0 Å². The molecule has 8 nitrogen and oxygen atoms in total. The van der Waals surface area contributed by atoms with E-state index in [0.29, 0.717) is 47.9 Å². The maximum Gasteiger partial charge on any atom is 0.323 e. The summed E-state index contributed by atoms with van der Waals surface area (Å²) in [7, 11) is 0. The highest BCUT2D eigenvalue weighted by atomic mass is 16.5. The van der Waals surface area contributed by atoms with Crippen molar-refractivity contribution in [3.05, 3.63) is 60.4 Å². The Morgan fingerprint density at radius 1 is 0.935 bits per heavy atom. The molecule has 0 aliphatic carbocycles. The minimum atomic E-state index is -0.350. The van der Waals surface area contributed by atoms with Gasteiger partial charge in [0.05, 0.1) is 18.9 Å². The molecule has 0 saturated heterocycles. The quantitative estimate of drug-likeness (QED) is 0.430. The number of carbonyl (C=O) groups excluding carboxylic acids is 1. The number of aromatic nitrogens is 2.